The average Bonchev–Trinajstić information content (AvgIpc) is 2.35. The van der Waals surface area contributed by atoms with Crippen molar-refractivity contribution in [2.24, 2.45) is 0 Å². The van der Waals surface area contributed by atoms with Crippen LogP contribution in [0.2, 0.25) is 0 Å². The van der Waals surface area contributed by atoms with Crippen LogP contribution >= 0.6 is 0 Å². The molecule has 1 heterocycles. The molecule has 0 aliphatic carbocycles. The highest BCUT2D eigenvalue weighted by Crippen LogP contribution is 2.07. The number of aliphatic carboxylic acids is 1. The highest BCUT2D eigenvalue weighted by molar-refractivity contribution is 6.00. The lowest BCUT2D eigenvalue weighted by molar-refractivity contribution is -0.135. The molecule has 0 aliphatic heterocycles. The molecule has 4 N–H and O–H groups in total. The predicted octanol–water partition coefficient (Wildman–Crippen LogP) is -0.708. The molecule has 100 valence electrons. The van der Waals surface area contributed by atoms with E-state index in [1.54, 1.807) is 0 Å². The first-order valence-corrected chi connectivity index (χ1v) is 4.80. The molecular weight excluding hydrogens is 260 g/mol. The molecule has 0 bridgehead atoms. The van der Waals surface area contributed by atoms with Crippen LogP contribution in [-0.4, -0.2) is 50.7 Å². The van der Waals surface area contributed by atoms with Crippen LogP contribution in [0.4, 0.5) is 0 Å². The molecule has 0 atom stereocenters. The number of carbonyl (C=O) groups is 4. The van der Waals surface area contributed by atoms with Gasteiger partial charge in [-0.25, -0.2) is 14.6 Å². The summed E-state index contributed by atoms with van der Waals surface area (Å²) in [6, 6.07) is 1.71. The lowest BCUT2D eigenvalue weighted by Gasteiger charge is -2.04. The van der Waals surface area contributed by atoms with Crippen LogP contribution in [0.3, 0.4) is 0 Å². The fraction of sp³-hybridized carbons (Fsp3) is 0.100. The molecule has 0 radical (unpaired) electrons. The van der Waals surface area contributed by atoms with Crippen molar-refractivity contribution >= 4 is 23.8 Å². The maximum absolute atomic E-state index is 11.5. The number of pyridine rings is 1. The number of carboxylic acids is 3. The zero-order valence-electron chi connectivity index (χ0n) is 9.28. The van der Waals surface area contributed by atoms with Crippen molar-refractivity contribution in [1.29, 1.82) is 0 Å². The normalized spacial score (nSPS) is 9.68. The zero-order valence-corrected chi connectivity index (χ0v) is 9.28. The Bertz CT molecular complexity index is 535. The van der Waals surface area contributed by atoms with Crippen molar-refractivity contribution < 1.29 is 34.5 Å². The van der Waals surface area contributed by atoms with Crippen molar-refractivity contribution in [2.45, 2.75) is 0 Å². The molecule has 9 heteroatoms. The van der Waals surface area contributed by atoms with Gasteiger partial charge in [-0.2, -0.15) is 0 Å². The summed E-state index contributed by atoms with van der Waals surface area (Å²) < 4.78 is 0. The van der Waals surface area contributed by atoms with Gasteiger partial charge < -0.3 is 20.6 Å². The highest BCUT2D eigenvalue weighted by Gasteiger charge is 2.17. The number of amides is 1. The van der Waals surface area contributed by atoms with Gasteiger partial charge in [0, 0.05) is 5.56 Å². The Morgan fingerprint density at radius 3 is 1.84 bits per heavy atom. The van der Waals surface area contributed by atoms with E-state index in [9.17, 15) is 19.2 Å². The maximum Gasteiger partial charge on any atom is 0.354 e. The number of rotatable bonds is 5. The third-order valence-corrected chi connectivity index (χ3v) is 1.93. The lowest BCUT2D eigenvalue weighted by Crippen LogP contribution is -2.29. The first kappa shape index (κ1) is 14.1. The van der Waals surface area contributed by atoms with Crippen molar-refractivity contribution in [2.75, 3.05) is 6.54 Å². The predicted molar refractivity (Wildman–Crippen MR) is 58.1 cm³/mol. The van der Waals surface area contributed by atoms with Gasteiger partial charge in [-0.3, -0.25) is 9.59 Å². The van der Waals surface area contributed by atoms with Crippen LogP contribution in [0.1, 0.15) is 31.3 Å². The number of aromatic carboxylic acids is 2. The van der Waals surface area contributed by atoms with Gasteiger partial charge >= 0.3 is 17.9 Å². The first-order chi connectivity index (χ1) is 8.81. The van der Waals surface area contributed by atoms with Crippen LogP contribution in [0.25, 0.3) is 0 Å². The van der Waals surface area contributed by atoms with E-state index in [4.69, 9.17) is 15.3 Å². The Hall–Kier alpha value is -2.97. The summed E-state index contributed by atoms with van der Waals surface area (Å²) in [6.45, 7) is -0.675. The molecule has 0 aromatic carbocycles. The molecule has 9 nitrogen and oxygen atoms in total. The molecular formula is C10H8N2O7. The Morgan fingerprint density at radius 1 is 1.00 bits per heavy atom. The quantitative estimate of drug-likeness (QED) is 0.546. The highest BCUT2D eigenvalue weighted by atomic mass is 16.4. The molecule has 1 aromatic heterocycles. The minimum atomic E-state index is -1.50. The van der Waals surface area contributed by atoms with Crippen molar-refractivity contribution in [3.05, 3.63) is 29.1 Å². The average molecular weight is 268 g/mol. The van der Waals surface area contributed by atoms with E-state index in [-0.39, 0.29) is 5.56 Å². The van der Waals surface area contributed by atoms with Gasteiger partial charge in [-0.1, -0.05) is 0 Å². The van der Waals surface area contributed by atoms with Gasteiger partial charge in [-0.15, -0.1) is 0 Å². The first-order valence-electron chi connectivity index (χ1n) is 4.80. The molecule has 1 rings (SSSR count). The van der Waals surface area contributed by atoms with E-state index in [0.717, 1.165) is 12.1 Å². The fourth-order valence-electron chi connectivity index (χ4n) is 1.14. The molecule has 1 aromatic rings. The summed E-state index contributed by atoms with van der Waals surface area (Å²) in [7, 11) is 0. The lowest BCUT2D eigenvalue weighted by atomic mass is 10.1. The second-order valence-corrected chi connectivity index (χ2v) is 3.31. The van der Waals surface area contributed by atoms with Gasteiger partial charge in [0.2, 0.25) is 0 Å². The third kappa shape index (κ3) is 3.77. The van der Waals surface area contributed by atoms with Gasteiger partial charge in [-0.05, 0) is 12.1 Å². The summed E-state index contributed by atoms with van der Waals surface area (Å²) >= 11 is 0. The van der Waals surface area contributed by atoms with E-state index >= 15 is 0 Å². The smallest absolute Gasteiger partial charge is 0.354 e. The van der Waals surface area contributed by atoms with Crippen LogP contribution in [-0.2, 0) is 4.79 Å². The molecule has 0 fully saturated rings. The number of carboxylic acid groups (broad SMARTS) is 3. The van der Waals surface area contributed by atoms with Gasteiger partial charge in [0.05, 0.1) is 0 Å². The summed E-state index contributed by atoms with van der Waals surface area (Å²) in [6.07, 6.45) is 0. The Kier molecular flexibility index (Phi) is 4.14. The van der Waals surface area contributed by atoms with E-state index in [2.05, 4.69) is 4.98 Å². The van der Waals surface area contributed by atoms with E-state index in [0.29, 0.717) is 0 Å². The van der Waals surface area contributed by atoms with Crippen LogP contribution in [0.15, 0.2) is 12.1 Å². The second kappa shape index (κ2) is 5.58. The van der Waals surface area contributed by atoms with E-state index in [1.807, 2.05) is 5.32 Å². The molecule has 0 saturated heterocycles. The topological polar surface area (TPSA) is 154 Å². The van der Waals surface area contributed by atoms with Gasteiger partial charge in [0.1, 0.15) is 17.9 Å². The number of nitrogens with zero attached hydrogens (tertiary/aromatic N) is 1. The largest absolute Gasteiger partial charge is 0.480 e. The minimum Gasteiger partial charge on any atom is -0.480 e. The number of hydrogen-bond donors (Lipinski definition) is 4. The number of hydrogen-bond acceptors (Lipinski definition) is 5. The Balaban J connectivity index is 3.12. The standard InChI is InChI=1S/C10H8N2O7/c13-7(14)3-11-8(15)4-1-5(9(16)17)12-6(2-4)10(18)19/h1-2H,3H2,(H,11,15)(H,13,14)(H,16,17)(H,18,19). The number of nitrogens with one attached hydrogen (secondary N) is 1. The Morgan fingerprint density at radius 2 is 1.47 bits per heavy atom. The SMILES string of the molecule is O=C(O)CNC(=O)c1cc(C(=O)O)nc(C(=O)O)c1. The molecule has 0 aliphatic rings. The maximum atomic E-state index is 11.5. The molecule has 0 unspecified atom stereocenters. The van der Waals surface area contributed by atoms with Crippen molar-refractivity contribution in [3.63, 3.8) is 0 Å². The number of carbonyl (C=O) groups excluding carboxylic acids is 1. The van der Waals surface area contributed by atoms with Gasteiger partial charge in [0.15, 0.2) is 0 Å². The van der Waals surface area contributed by atoms with E-state index < -0.39 is 41.7 Å². The van der Waals surface area contributed by atoms with Crippen molar-refractivity contribution in [3.8, 4) is 0 Å². The fourth-order valence-corrected chi connectivity index (χ4v) is 1.14. The molecule has 1 amide bonds. The zero-order chi connectivity index (χ0) is 14.6. The molecule has 19 heavy (non-hydrogen) atoms. The van der Waals surface area contributed by atoms with Crippen LogP contribution in [0.5, 0.6) is 0 Å². The van der Waals surface area contributed by atoms with E-state index in [1.165, 1.54) is 0 Å². The molecule has 0 spiro atoms. The third-order valence-electron chi connectivity index (χ3n) is 1.93. The Labute approximate surface area is 105 Å². The van der Waals surface area contributed by atoms with Crippen LogP contribution in [0, 0.1) is 0 Å². The summed E-state index contributed by atoms with van der Waals surface area (Å²) in [5.41, 5.74) is -1.55. The summed E-state index contributed by atoms with van der Waals surface area (Å²) in [5.74, 6) is -5.21. The monoisotopic (exact) mass is 268 g/mol. The minimum absolute atomic E-state index is 0.300. The van der Waals surface area contributed by atoms with Crippen molar-refractivity contribution in [1.82, 2.24) is 10.3 Å². The van der Waals surface area contributed by atoms with Gasteiger partial charge in [0.25, 0.3) is 5.91 Å². The van der Waals surface area contributed by atoms with Crippen LogP contribution < -0.4 is 5.32 Å². The number of aromatic nitrogens is 1. The summed E-state index contributed by atoms with van der Waals surface area (Å²) in [4.78, 5) is 46.6. The summed E-state index contributed by atoms with van der Waals surface area (Å²) in [5, 5.41) is 27.8. The molecule has 0 saturated carbocycles. The second-order valence-electron chi connectivity index (χ2n) is 3.31.